The van der Waals surface area contributed by atoms with Crippen LogP contribution in [0.25, 0.3) is 0 Å². The number of hydrogen-bond acceptors (Lipinski definition) is 5. The first-order chi connectivity index (χ1) is 20.2. The lowest BCUT2D eigenvalue weighted by Crippen LogP contribution is -2.48. The number of piperidine rings is 1. The van der Waals surface area contributed by atoms with Crippen molar-refractivity contribution in [2.45, 2.75) is 23.9 Å². The summed E-state index contributed by atoms with van der Waals surface area (Å²) in [6, 6.07) is 8.99. The van der Waals surface area contributed by atoms with Crippen molar-refractivity contribution in [3.63, 3.8) is 0 Å². The molecule has 2 heterocycles. The number of benzene rings is 2. The number of halogens is 6. The molecule has 3 amide bonds. The van der Waals surface area contributed by atoms with E-state index in [1.807, 2.05) is 0 Å². The third-order valence-electron chi connectivity index (χ3n) is 6.61. The highest BCUT2D eigenvalue weighted by molar-refractivity contribution is 7.92. The Morgan fingerprint density at radius 2 is 1.79 bits per heavy atom. The molecule has 230 valence electrons. The number of nitrogens with zero attached hydrogens (tertiary/aromatic N) is 3. The van der Waals surface area contributed by atoms with Gasteiger partial charge in [-0.1, -0.05) is 23.2 Å². The van der Waals surface area contributed by atoms with Gasteiger partial charge in [0.2, 0.25) is 5.91 Å². The fourth-order valence-corrected chi connectivity index (χ4v) is 6.26. The van der Waals surface area contributed by atoms with Gasteiger partial charge in [-0.05, 0) is 73.4 Å². The van der Waals surface area contributed by atoms with Crippen LogP contribution >= 0.6 is 23.2 Å². The number of aromatic nitrogens is 1. The first-order valence-electron chi connectivity index (χ1n) is 12.8. The van der Waals surface area contributed by atoms with Crippen LogP contribution in [0.3, 0.4) is 0 Å². The molecule has 0 spiro atoms. The van der Waals surface area contributed by atoms with Crippen LogP contribution in [-0.4, -0.2) is 56.4 Å². The van der Waals surface area contributed by atoms with Crippen molar-refractivity contribution in [3.05, 3.63) is 82.2 Å². The standard InChI is InChI=1S/C27H25Cl2F4N5O4S/c28-19-4-7-21(8-5-19)43(41,42)38(23-12-18(27(31,32)33)3-9-22(23)29)16-25(39)37-11-1-2-17(15-37)13-35-26(40)36-24-10-6-20(30)14-34-24/h3-10,12,14,17H,1-2,11,13,15-16H2,(H2,34,35,36,40). The van der Waals surface area contributed by atoms with Crippen LogP contribution in [0, 0.1) is 11.7 Å². The molecule has 1 unspecified atom stereocenters. The molecule has 9 nitrogen and oxygen atoms in total. The highest BCUT2D eigenvalue weighted by Gasteiger charge is 2.36. The van der Waals surface area contributed by atoms with Crippen molar-refractivity contribution in [3.8, 4) is 0 Å². The number of amides is 3. The maximum atomic E-state index is 13.7. The molecule has 0 aliphatic carbocycles. The lowest BCUT2D eigenvalue weighted by atomic mass is 9.98. The van der Waals surface area contributed by atoms with Crippen molar-refractivity contribution >= 4 is 56.7 Å². The molecule has 1 aliphatic heterocycles. The molecule has 0 bridgehead atoms. The van der Waals surface area contributed by atoms with Crippen LogP contribution in [0.1, 0.15) is 18.4 Å². The Bertz CT molecular complexity index is 1580. The molecule has 2 aromatic carbocycles. The van der Waals surface area contributed by atoms with Gasteiger partial charge in [0, 0.05) is 24.7 Å². The van der Waals surface area contributed by atoms with E-state index in [0.29, 0.717) is 29.3 Å². The molecule has 1 aromatic heterocycles. The predicted octanol–water partition coefficient (Wildman–Crippen LogP) is 5.80. The number of alkyl halides is 3. The number of carbonyl (C=O) groups is 2. The van der Waals surface area contributed by atoms with Gasteiger partial charge in [-0.25, -0.2) is 22.6 Å². The van der Waals surface area contributed by atoms with E-state index >= 15 is 0 Å². The fraction of sp³-hybridized carbons (Fsp3) is 0.296. The Balaban J connectivity index is 1.51. The predicted molar refractivity (Wildman–Crippen MR) is 153 cm³/mol. The average Bonchev–Trinajstić information content (AvgIpc) is 2.96. The van der Waals surface area contributed by atoms with E-state index < -0.39 is 51.8 Å². The first-order valence-corrected chi connectivity index (χ1v) is 15.0. The molecule has 1 fully saturated rings. The molecule has 1 atom stereocenters. The van der Waals surface area contributed by atoms with Crippen LogP contribution in [0.5, 0.6) is 0 Å². The van der Waals surface area contributed by atoms with E-state index in [4.69, 9.17) is 23.2 Å². The summed E-state index contributed by atoms with van der Waals surface area (Å²) in [4.78, 5) is 30.5. The second-order valence-corrected chi connectivity index (χ2v) is 12.4. The maximum absolute atomic E-state index is 13.7. The minimum Gasteiger partial charge on any atom is -0.341 e. The summed E-state index contributed by atoms with van der Waals surface area (Å²) in [7, 11) is -4.58. The third kappa shape index (κ3) is 8.27. The molecule has 0 saturated carbocycles. The topological polar surface area (TPSA) is 112 Å². The zero-order chi connectivity index (χ0) is 31.4. The van der Waals surface area contributed by atoms with E-state index in [-0.39, 0.29) is 46.3 Å². The Kier molecular flexibility index (Phi) is 10.0. The first kappa shape index (κ1) is 32.3. The molecule has 16 heteroatoms. The number of hydrogen-bond donors (Lipinski definition) is 2. The van der Waals surface area contributed by atoms with Gasteiger partial charge in [0.25, 0.3) is 10.0 Å². The van der Waals surface area contributed by atoms with Crippen molar-refractivity contribution in [2.24, 2.45) is 5.92 Å². The molecule has 3 aromatic rings. The van der Waals surface area contributed by atoms with Crippen molar-refractivity contribution in [2.75, 3.05) is 35.8 Å². The lowest BCUT2D eigenvalue weighted by molar-refractivity contribution is -0.137. The molecule has 2 N–H and O–H groups in total. The molecular weight excluding hydrogens is 637 g/mol. The van der Waals surface area contributed by atoms with Gasteiger partial charge in [-0.3, -0.25) is 14.4 Å². The second-order valence-electron chi connectivity index (χ2n) is 9.67. The number of nitrogens with one attached hydrogen (secondary N) is 2. The Morgan fingerprint density at radius 1 is 1.07 bits per heavy atom. The summed E-state index contributed by atoms with van der Waals surface area (Å²) < 4.78 is 81.6. The highest BCUT2D eigenvalue weighted by atomic mass is 35.5. The van der Waals surface area contributed by atoms with Crippen LogP contribution in [0.15, 0.2) is 65.7 Å². The number of pyridine rings is 1. The van der Waals surface area contributed by atoms with E-state index in [1.54, 1.807) is 0 Å². The summed E-state index contributed by atoms with van der Waals surface area (Å²) >= 11 is 12.1. The van der Waals surface area contributed by atoms with Crippen LogP contribution in [-0.2, 0) is 21.0 Å². The maximum Gasteiger partial charge on any atom is 0.416 e. The molecule has 4 rings (SSSR count). The van der Waals surface area contributed by atoms with Crippen LogP contribution in [0.2, 0.25) is 10.0 Å². The summed E-state index contributed by atoms with van der Waals surface area (Å²) in [6.45, 7) is -0.253. The van der Waals surface area contributed by atoms with Gasteiger partial charge < -0.3 is 10.2 Å². The quantitative estimate of drug-likeness (QED) is 0.296. The zero-order valence-electron chi connectivity index (χ0n) is 22.2. The van der Waals surface area contributed by atoms with Gasteiger partial charge in [-0.2, -0.15) is 13.2 Å². The summed E-state index contributed by atoms with van der Waals surface area (Å²) in [5, 5.41) is 5.04. The molecule has 1 aliphatic rings. The van der Waals surface area contributed by atoms with E-state index in [2.05, 4.69) is 15.6 Å². The summed E-state index contributed by atoms with van der Waals surface area (Å²) in [6.07, 6.45) is -2.67. The van der Waals surface area contributed by atoms with Crippen LogP contribution < -0.4 is 14.9 Å². The molecule has 1 saturated heterocycles. The number of rotatable bonds is 8. The highest BCUT2D eigenvalue weighted by Crippen LogP contribution is 2.37. The second kappa shape index (κ2) is 13.3. The number of carbonyl (C=O) groups excluding carboxylic acids is 2. The van der Waals surface area contributed by atoms with Gasteiger partial charge in [0.1, 0.15) is 18.2 Å². The molecule has 43 heavy (non-hydrogen) atoms. The fourth-order valence-electron chi connectivity index (χ4n) is 4.44. The largest absolute Gasteiger partial charge is 0.416 e. The van der Waals surface area contributed by atoms with Crippen molar-refractivity contribution < 1.29 is 35.6 Å². The number of likely N-dealkylation sites (tertiary alicyclic amines) is 1. The van der Waals surface area contributed by atoms with E-state index in [1.165, 1.54) is 35.2 Å². The van der Waals surface area contributed by atoms with Crippen molar-refractivity contribution in [1.29, 1.82) is 0 Å². The Morgan fingerprint density at radius 3 is 2.44 bits per heavy atom. The van der Waals surface area contributed by atoms with Crippen molar-refractivity contribution in [1.82, 2.24) is 15.2 Å². The van der Waals surface area contributed by atoms with Crippen LogP contribution in [0.4, 0.5) is 33.9 Å². The third-order valence-corrected chi connectivity index (χ3v) is 8.96. The smallest absolute Gasteiger partial charge is 0.341 e. The van der Waals surface area contributed by atoms with Gasteiger partial charge >= 0.3 is 12.2 Å². The van der Waals surface area contributed by atoms with Gasteiger partial charge in [0.05, 0.1) is 27.4 Å². The van der Waals surface area contributed by atoms with Gasteiger partial charge in [0.15, 0.2) is 0 Å². The number of anilines is 2. The zero-order valence-corrected chi connectivity index (χ0v) is 24.6. The molecular formula is C27H25Cl2F4N5O4S. The SMILES string of the molecule is O=C(NCC1CCCN(C(=O)CN(c2cc(C(F)(F)F)ccc2Cl)S(=O)(=O)c2ccc(Cl)cc2)C1)Nc1ccc(F)cn1. The van der Waals surface area contributed by atoms with Gasteiger partial charge in [-0.15, -0.1) is 0 Å². The summed E-state index contributed by atoms with van der Waals surface area (Å²) in [5.74, 6) is -1.30. The van der Waals surface area contributed by atoms with E-state index in [0.717, 1.165) is 18.3 Å². The lowest BCUT2D eigenvalue weighted by Gasteiger charge is -2.35. The minimum atomic E-state index is -4.80. The minimum absolute atomic E-state index is 0.134. The molecule has 0 radical (unpaired) electrons. The average molecular weight is 662 g/mol. The number of sulfonamides is 1. The normalized spacial score (nSPS) is 15.6. The van der Waals surface area contributed by atoms with E-state index in [9.17, 15) is 35.6 Å². The monoisotopic (exact) mass is 661 g/mol. The Hall–Kier alpha value is -3.62. The summed E-state index contributed by atoms with van der Waals surface area (Å²) in [5.41, 5.74) is -1.66. The Labute approximate surface area is 254 Å². The number of urea groups is 1.